The highest BCUT2D eigenvalue weighted by atomic mass is 19.1. The van der Waals surface area contributed by atoms with Crippen LogP contribution in [-0.2, 0) is 0 Å². The predicted molar refractivity (Wildman–Crippen MR) is 67.9 cm³/mol. The highest BCUT2D eigenvalue weighted by Gasteiger charge is 2.22. The first kappa shape index (κ1) is 12.8. The molecule has 1 rings (SSSR count). The van der Waals surface area contributed by atoms with E-state index in [-0.39, 0.29) is 11.2 Å². The number of anilines is 2. The number of benzene rings is 1. The van der Waals surface area contributed by atoms with Crippen molar-refractivity contribution in [1.82, 2.24) is 0 Å². The first-order valence-electron chi connectivity index (χ1n) is 5.62. The molecule has 0 radical (unpaired) electrons. The van der Waals surface area contributed by atoms with Crippen LogP contribution in [0.4, 0.5) is 15.8 Å². The van der Waals surface area contributed by atoms with Crippen molar-refractivity contribution in [3.05, 3.63) is 24.0 Å². The van der Waals surface area contributed by atoms with Crippen LogP contribution >= 0.6 is 0 Å². The van der Waals surface area contributed by atoms with E-state index in [2.05, 4.69) is 33.0 Å². The van der Waals surface area contributed by atoms with Crippen molar-refractivity contribution in [2.24, 2.45) is 11.3 Å². The second-order valence-electron chi connectivity index (χ2n) is 5.20. The van der Waals surface area contributed by atoms with Gasteiger partial charge in [-0.15, -0.1) is 0 Å². The molecular formula is C13H21FN2. The van der Waals surface area contributed by atoms with Crippen molar-refractivity contribution in [1.29, 1.82) is 0 Å². The normalized spacial score (nSPS) is 11.9. The Bertz CT molecular complexity index is 339. The third-order valence-electron chi connectivity index (χ3n) is 3.33. The number of nitrogens with one attached hydrogen (secondary N) is 1. The van der Waals surface area contributed by atoms with Crippen molar-refractivity contribution in [2.75, 3.05) is 17.6 Å². The molecule has 0 aromatic heterocycles. The average Bonchev–Trinajstić information content (AvgIpc) is 2.16. The number of nitrogen functional groups attached to an aromatic ring is 1. The fraction of sp³-hybridized carbons (Fsp3) is 0.538. The lowest BCUT2D eigenvalue weighted by molar-refractivity contribution is 0.269. The van der Waals surface area contributed by atoms with Gasteiger partial charge in [0.2, 0.25) is 0 Å². The van der Waals surface area contributed by atoms with E-state index < -0.39 is 0 Å². The first-order chi connectivity index (χ1) is 7.34. The molecule has 2 nitrogen and oxygen atoms in total. The highest BCUT2D eigenvalue weighted by Crippen LogP contribution is 2.28. The molecule has 0 aliphatic heterocycles. The third kappa shape index (κ3) is 2.87. The summed E-state index contributed by atoms with van der Waals surface area (Å²) in [5, 5.41) is 3.10. The number of hydrogen-bond donors (Lipinski definition) is 2. The first-order valence-corrected chi connectivity index (χ1v) is 5.62. The molecule has 0 atom stereocenters. The van der Waals surface area contributed by atoms with Gasteiger partial charge >= 0.3 is 0 Å². The maximum atomic E-state index is 13.5. The van der Waals surface area contributed by atoms with Crippen molar-refractivity contribution in [3.63, 3.8) is 0 Å². The SMILES string of the molecule is CC(C)C(C)(C)CNc1c(N)cccc1F. The minimum Gasteiger partial charge on any atom is -0.397 e. The lowest BCUT2D eigenvalue weighted by Crippen LogP contribution is -2.29. The quantitative estimate of drug-likeness (QED) is 0.768. The Hall–Kier alpha value is -1.25. The molecule has 0 heterocycles. The molecule has 0 aliphatic carbocycles. The fourth-order valence-electron chi connectivity index (χ4n) is 1.25. The number of hydrogen-bond acceptors (Lipinski definition) is 2. The highest BCUT2D eigenvalue weighted by molar-refractivity contribution is 5.66. The van der Waals surface area contributed by atoms with Crippen LogP contribution in [0.1, 0.15) is 27.7 Å². The summed E-state index contributed by atoms with van der Waals surface area (Å²) in [6.45, 7) is 9.33. The standard InChI is InChI=1S/C13H21FN2/c1-9(2)13(3,4)8-16-12-10(14)6-5-7-11(12)15/h5-7,9,16H,8,15H2,1-4H3. The Morgan fingerprint density at radius 1 is 1.38 bits per heavy atom. The molecule has 0 amide bonds. The molecule has 0 bridgehead atoms. The lowest BCUT2D eigenvalue weighted by Gasteiger charge is -2.30. The summed E-state index contributed by atoms with van der Waals surface area (Å²) in [5.74, 6) is 0.229. The van der Waals surface area contributed by atoms with E-state index in [0.717, 1.165) is 0 Å². The summed E-state index contributed by atoms with van der Waals surface area (Å²) >= 11 is 0. The Balaban J connectivity index is 2.75. The van der Waals surface area contributed by atoms with Crippen molar-refractivity contribution in [3.8, 4) is 0 Å². The summed E-state index contributed by atoms with van der Waals surface area (Å²) in [5.41, 5.74) is 6.70. The van der Waals surface area contributed by atoms with Gasteiger partial charge in [-0.2, -0.15) is 0 Å². The second-order valence-corrected chi connectivity index (χ2v) is 5.20. The number of rotatable bonds is 4. The Labute approximate surface area is 97.0 Å². The van der Waals surface area contributed by atoms with Gasteiger partial charge in [-0.3, -0.25) is 0 Å². The van der Waals surface area contributed by atoms with E-state index in [1.54, 1.807) is 12.1 Å². The van der Waals surface area contributed by atoms with Crippen LogP contribution in [0.3, 0.4) is 0 Å². The summed E-state index contributed by atoms with van der Waals surface area (Å²) in [6.07, 6.45) is 0. The van der Waals surface area contributed by atoms with Gasteiger partial charge in [0, 0.05) is 6.54 Å². The molecule has 0 spiro atoms. The van der Waals surface area contributed by atoms with Gasteiger partial charge in [0.25, 0.3) is 0 Å². The second kappa shape index (κ2) is 4.73. The van der Waals surface area contributed by atoms with Crippen molar-refractivity contribution >= 4 is 11.4 Å². The van der Waals surface area contributed by atoms with Crippen LogP contribution in [0, 0.1) is 17.2 Å². The zero-order chi connectivity index (χ0) is 12.3. The fourth-order valence-corrected chi connectivity index (χ4v) is 1.25. The molecule has 0 fully saturated rings. The molecule has 0 unspecified atom stereocenters. The van der Waals surface area contributed by atoms with E-state index >= 15 is 0 Å². The molecule has 3 N–H and O–H groups in total. The molecule has 1 aromatic rings. The molecule has 90 valence electrons. The van der Waals surface area contributed by atoms with Gasteiger partial charge in [0.05, 0.1) is 11.4 Å². The Morgan fingerprint density at radius 3 is 2.50 bits per heavy atom. The van der Waals surface area contributed by atoms with E-state index in [4.69, 9.17) is 5.73 Å². The van der Waals surface area contributed by atoms with E-state index in [0.29, 0.717) is 23.8 Å². The minimum absolute atomic E-state index is 0.106. The zero-order valence-corrected chi connectivity index (χ0v) is 10.5. The van der Waals surface area contributed by atoms with Crippen LogP contribution in [-0.4, -0.2) is 6.54 Å². The third-order valence-corrected chi connectivity index (χ3v) is 3.33. The Morgan fingerprint density at radius 2 is 2.00 bits per heavy atom. The topological polar surface area (TPSA) is 38.0 Å². The van der Waals surface area contributed by atoms with E-state index in [1.165, 1.54) is 6.07 Å². The molecular weight excluding hydrogens is 203 g/mol. The summed E-state index contributed by atoms with van der Waals surface area (Å²) in [6, 6.07) is 4.73. The van der Waals surface area contributed by atoms with Gasteiger partial charge in [-0.1, -0.05) is 33.8 Å². The van der Waals surface area contributed by atoms with Gasteiger partial charge in [0.1, 0.15) is 5.82 Å². The van der Waals surface area contributed by atoms with Crippen LogP contribution in [0.5, 0.6) is 0 Å². The van der Waals surface area contributed by atoms with Crippen LogP contribution in [0.15, 0.2) is 18.2 Å². The predicted octanol–water partition coefficient (Wildman–Crippen LogP) is 3.50. The number of para-hydroxylation sites is 1. The maximum absolute atomic E-state index is 13.5. The monoisotopic (exact) mass is 224 g/mol. The maximum Gasteiger partial charge on any atom is 0.148 e. The summed E-state index contributed by atoms with van der Waals surface area (Å²) < 4.78 is 13.5. The van der Waals surface area contributed by atoms with Gasteiger partial charge in [-0.05, 0) is 23.5 Å². The molecule has 1 aromatic carbocycles. The van der Waals surface area contributed by atoms with Crippen LogP contribution < -0.4 is 11.1 Å². The molecule has 0 saturated heterocycles. The van der Waals surface area contributed by atoms with Gasteiger partial charge < -0.3 is 11.1 Å². The minimum atomic E-state index is -0.292. The molecule has 0 aliphatic rings. The van der Waals surface area contributed by atoms with Crippen LogP contribution in [0.2, 0.25) is 0 Å². The molecule has 0 saturated carbocycles. The van der Waals surface area contributed by atoms with Crippen molar-refractivity contribution in [2.45, 2.75) is 27.7 Å². The summed E-state index contributed by atoms with van der Waals surface area (Å²) in [7, 11) is 0. The van der Waals surface area contributed by atoms with E-state index in [1.807, 2.05) is 0 Å². The number of halogens is 1. The lowest BCUT2D eigenvalue weighted by atomic mass is 9.81. The summed E-state index contributed by atoms with van der Waals surface area (Å²) in [4.78, 5) is 0. The number of nitrogens with two attached hydrogens (primary N) is 1. The Kier molecular flexibility index (Phi) is 3.79. The molecule has 16 heavy (non-hydrogen) atoms. The smallest absolute Gasteiger partial charge is 0.148 e. The van der Waals surface area contributed by atoms with E-state index in [9.17, 15) is 4.39 Å². The average molecular weight is 224 g/mol. The zero-order valence-electron chi connectivity index (χ0n) is 10.5. The van der Waals surface area contributed by atoms with Gasteiger partial charge in [-0.25, -0.2) is 4.39 Å². The molecule has 3 heteroatoms. The van der Waals surface area contributed by atoms with Crippen molar-refractivity contribution < 1.29 is 4.39 Å². The largest absolute Gasteiger partial charge is 0.397 e. The van der Waals surface area contributed by atoms with Gasteiger partial charge in [0.15, 0.2) is 0 Å². The van der Waals surface area contributed by atoms with Crippen LogP contribution in [0.25, 0.3) is 0 Å².